The molecule has 1 aromatic carbocycles. The summed E-state index contributed by atoms with van der Waals surface area (Å²) in [5, 5.41) is 11.3. The van der Waals surface area contributed by atoms with Gasteiger partial charge in [0.1, 0.15) is 0 Å². The van der Waals surface area contributed by atoms with Gasteiger partial charge in [0, 0.05) is 13.0 Å². The summed E-state index contributed by atoms with van der Waals surface area (Å²) in [5.74, 6) is -0.939. The van der Waals surface area contributed by atoms with Gasteiger partial charge in [-0.3, -0.25) is 9.59 Å². The lowest BCUT2D eigenvalue weighted by Gasteiger charge is -2.12. The zero-order valence-electron chi connectivity index (χ0n) is 11.5. The number of hydrogen-bond acceptors (Lipinski definition) is 3. The Balaban J connectivity index is 2.14. The average Bonchev–Trinajstić information content (AvgIpc) is 2.43. The number of hydrogen-bond donors (Lipinski definition) is 3. The number of nitrogens with one attached hydrogen (secondary N) is 1. The number of amides is 1. The van der Waals surface area contributed by atoms with Crippen molar-refractivity contribution in [3.63, 3.8) is 0 Å². The van der Waals surface area contributed by atoms with E-state index in [9.17, 15) is 9.59 Å². The van der Waals surface area contributed by atoms with Crippen LogP contribution in [-0.4, -0.2) is 29.6 Å². The van der Waals surface area contributed by atoms with Crippen LogP contribution in [0.25, 0.3) is 0 Å². The van der Waals surface area contributed by atoms with Crippen molar-refractivity contribution in [1.29, 1.82) is 0 Å². The van der Waals surface area contributed by atoms with Crippen LogP contribution in [-0.2, 0) is 16.0 Å². The quantitative estimate of drug-likeness (QED) is 0.594. The molecule has 5 heteroatoms. The van der Waals surface area contributed by atoms with Gasteiger partial charge < -0.3 is 16.2 Å². The summed E-state index contributed by atoms with van der Waals surface area (Å²) in [6, 6.07) is 9.10. The van der Waals surface area contributed by atoms with Gasteiger partial charge in [-0.25, -0.2) is 0 Å². The molecule has 1 aromatic rings. The van der Waals surface area contributed by atoms with Crippen molar-refractivity contribution >= 4 is 11.9 Å². The fraction of sp³-hybridized carbons (Fsp3) is 0.467. The first kappa shape index (κ1) is 16.2. The largest absolute Gasteiger partial charge is 0.481 e. The molecule has 1 rings (SSSR count). The number of aliphatic carboxylic acids is 1. The molecule has 110 valence electrons. The van der Waals surface area contributed by atoms with Gasteiger partial charge >= 0.3 is 5.97 Å². The number of rotatable bonds is 9. The van der Waals surface area contributed by atoms with Crippen LogP contribution in [0, 0.1) is 0 Å². The number of carbonyl (C=O) groups excluding carboxylic acids is 1. The molecular weight excluding hydrogens is 256 g/mol. The number of benzene rings is 1. The van der Waals surface area contributed by atoms with E-state index < -0.39 is 12.0 Å². The minimum absolute atomic E-state index is 0.160. The molecule has 0 radical (unpaired) electrons. The highest BCUT2D eigenvalue weighted by Crippen LogP contribution is 2.02. The third-order valence-corrected chi connectivity index (χ3v) is 3.00. The maximum atomic E-state index is 11.8. The number of nitrogens with two attached hydrogens (primary N) is 1. The minimum Gasteiger partial charge on any atom is -0.481 e. The van der Waals surface area contributed by atoms with E-state index in [0.717, 1.165) is 18.4 Å². The van der Waals surface area contributed by atoms with Crippen molar-refractivity contribution in [2.75, 3.05) is 6.54 Å². The first-order valence-electron chi connectivity index (χ1n) is 6.88. The predicted octanol–water partition coefficient (Wildman–Crippen LogP) is 1.32. The van der Waals surface area contributed by atoms with Crippen molar-refractivity contribution in [3.8, 4) is 0 Å². The van der Waals surface area contributed by atoms with Crippen molar-refractivity contribution in [2.24, 2.45) is 5.73 Å². The molecule has 0 saturated heterocycles. The summed E-state index contributed by atoms with van der Waals surface area (Å²) in [4.78, 5) is 22.1. The molecule has 0 aliphatic carbocycles. The van der Waals surface area contributed by atoms with Gasteiger partial charge in [-0.05, 0) is 24.8 Å². The smallest absolute Gasteiger partial charge is 0.303 e. The summed E-state index contributed by atoms with van der Waals surface area (Å²) < 4.78 is 0. The second-order valence-electron chi connectivity index (χ2n) is 4.79. The van der Waals surface area contributed by atoms with E-state index in [4.69, 9.17) is 10.8 Å². The number of carbonyl (C=O) groups is 2. The minimum atomic E-state index is -0.779. The Morgan fingerprint density at radius 2 is 1.85 bits per heavy atom. The average molecular weight is 278 g/mol. The Morgan fingerprint density at radius 1 is 1.15 bits per heavy atom. The van der Waals surface area contributed by atoms with E-state index in [2.05, 4.69) is 5.32 Å². The lowest BCUT2D eigenvalue weighted by Crippen LogP contribution is -2.42. The molecule has 0 bridgehead atoms. The molecule has 0 aromatic heterocycles. The van der Waals surface area contributed by atoms with E-state index in [1.54, 1.807) is 0 Å². The van der Waals surface area contributed by atoms with Crippen molar-refractivity contribution in [2.45, 2.75) is 38.1 Å². The molecule has 0 aliphatic heterocycles. The number of carboxylic acid groups (broad SMARTS) is 1. The molecule has 0 heterocycles. The van der Waals surface area contributed by atoms with Gasteiger partial charge in [0.05, 0.1) is 6.04 Å². The maximum Gasteiger partial charge on any atom is 0.303 e. The van der Waals surface area contributed by atoms with Crippen molar-refractivity contribution < 1.29 is 14.7 Å². The lowest BCUT2D eigenvalue weighted by atomic mass is 10.1. The fourth-order valence-electron chi connectivity index (χ4n) is 1.88. The first-order chi connectivity index (χ1) is 9.59. The summed E-state index contributed by atoms with van der Waals surface area (Å²) in [6.45, 7) is 0.543. The Bertz CT molecular complexity index is 420. The van der Waals surface area contributed by atoms with Crippen LogP contribution in [0.1, 0.15) is 31.2 Å². The Morgan fingerprint density at radius 3 is 2.50 bits per heavy atom. The summed E-state index contributed by atoms with van der Waals surface area (Å²) in [5.41, 5.74) is 6.88. The molecule has 4 N–H and O–H groups in total. The van der Waals surface area contributed by atoms with Gasteiger partial charge in [0.2, 0.25) is 5.91 Å². The van der Waals surface area contributed by atoms with E-state index in [1.807, 2.05) is 30.3 Å². The van der Waals surface area contributed by atoms with Crippen LogP contribution in [0.2, 0.25) is 0 Å². The zero-order chi connectivity index (χ0) is 14.8. The highest BCUT2D eigenvalue weighted by Gasteiger charge is 2.12. The molecule has 20 heavy (non-hydrogen) atoms. The van der Waals surface area contributed by atoms with Crippen LogP contribution in [0.5, 0.6) is 0 Å². The van der Waals surface area contributed by atoms with E-state index in [-0.39, 0.29) is 12.3 Å². The maximum absolute atomic E-state index is 11.8. The SMILES string of the molecule is N[C@H](Cc1ccccc1)C(=O)NCCCCCC(=O)O. The number of carboxylic acids is 1. The number of unbranched alkanes of at least 4 members (excludes halogenated alkanes) is 2. The Hall–Kier alpha value is -1.88. The Kier molecular flexibility index (Phi) is 7.35. The Labute approximate surface area is 119 Å². The molecule has 0 spiro atoms. The van der Waals surface area contributed by atoms with Crippen LogP contribution >= 0.6 is 0 Å². The molecule has 0 aliphatic rings. The van der Waals surface area contributed by atoms with Crippen LogP contribution < -0.4 is 11.1 Å². The topological polar surface area (TPSA) is 92.4 Å². The monoisotopic (exact) mass is 278 g/mol. The van der Waals surface area contributed by atoms with Gasteiger partial charge in [-0.15, -0.1) is 0 Å². The normalized spacial score (nSPS) is 11.8. The van der Waals surface area contributed by atoms with Crippen LogP contribution in [0.3, 0.4) is 0 Å². The van der Waals surface area contributed by atoms with E-state index in [1.165, 1.54) is 0 Å². The van der Waals surface area contributed by atoms with Crippen molar-refractivity contribution in [3.05, 3.63) is 35.9 Å². The third-order valence-electron chi connectivity index (χ3n) is 3.00. The van der Waals surface area contributed by atoms with Gasteiger partial charge in [-0.1, -0.05) is 36.8 Å². The molecule has 5 nitrogen and oxygen atoms in total. The molecule has 0 saturated carbocycles. The molecule has 1 atom stereocenters. The summed E-state index contributed by atoms with van der Waals surface area (Å²) >= 11 is 0. The second kappa shape index (κ2) is 9.09. The highest BCUT2D eigenvalue weighted by molar-refractivity contribution is 5.81. The predicted molar refractivity (Wildman–Crippen MR) is 77.2 cm³/mol. The van der Waals surface area contributed by atoms with Gasteiger partial charge in [0.25, 0.3) is 0 Å². The molecule has 0 fully saturated rings. The van der Waals surface area contributed by atoms with Crippen LogP contribution in [0.15, 0.2) is 30.3 Å². The standard InChI is InChI=1S/C15H22N2O3/c16-13(11-12-7-3-1-4-8-12)15(20)17-10-6-2-5-9-14(18)19/h1,3-4,7-8,13H,2,5-6,9-11,16H2,(H,17,20)(H,18,19)/t13-/m1/s1. The van der Waals surface area contributed by atoms with Gasteiger partial charge in [-0.2, -0.15) is 0 Å². The summed E-state index contributed by atoms with van der Waals surface area (Å²) in [7, 11) is 0. The fourth-order valence-corrected chi connectivity index (χ4v) is 1.88. The lowest BCUT2D eigenvalue weighted by molar-refractivity contribution is -0.137. The molecule has 0 unspecified atom stereocenters. The van der Waals surface area contributed by atoms with Gasteiger partial charge in [0.15, 0.2) is 0 Å². The third kappa shape index (κ3) is 6.89. The van der Waals surface area contributed by atoms with Crippen LogP contribution in [0.4, 0.5) is 0 Å². The van der Waals surface area contributed by atoms with E-state index >= 15 is 0 Å². The second-order valence-corrected chi connectivity index (χ2v) is 4.79. The molecule has 1 amide bonds. The summed E-state index contributed by atoms with van der Waals surface area (Å²) in [6.07, 6.45) is 2.91. The highest BCUT2D eigenvalue weighted by atomic mass is 16.4. The van der Waals surface area contributed by atoms with E-state index in [0.29, 0.717) is 19.4 Å². The molecular formula is C15H22N2O3. The zero-order valence-corrected chi connectivity index (χ0v) is 11.5. The first-order valence-corrected chi connectivity index (χ1v) is 6.88. The van der Waals surface area contributed by atoms with Crippen molar-refractivity contribution in [1.82, 2.24) is 5.32 Å².